The van der Waals surface area contributed by atoms with Gasteiger partial charge in [-0.15, -0.1) is 0 Å². The fourth-order valence-electron chi connectivity index (χ4n) is 1.06. The quantitative estimate of drug-likeness (QED) is 0.768. The van der Waals surface area contributed by atoms with Crippen LogP contribution in [0.4, 0.5) is 5.82 Å². The Balaban J connectivity index is 2.31. The van der Waals surface area contributed by atoms with Crippen LogP contribution in [0.25, 0.3) is 0 Å². The minimum atomic E-state index is -3.59. The fraction of sp³-hybridized carbons (Fsp3) is 0.143. The van der Waals surface area contributed by atoms with Crippen molar-refractivity contribution in [3.63, 3.8) is 0 Å². The van der Waals surface area contributed by atoms with Crippen molar-refractivity contribution in [1.82, 2.24) is 20.0 Å². The molecule has 0 saturated heterocycles. The van der Waals surface area contributed by atoms with Crippen molar-refractivity contribution in [3.8, 4) is 0 Å². The third-order valence-corrected chi connectivity index (χ3v) is 3.11. The van der Waals surface area contributed by atoms with Gasteiger partial charge in [0.15, 0.2) is 5.03 Å². The zero-order chi connectivity index (χ0) is 10.9. The summed E-state index contributed by atoms with van der Waals surface area (Å²) in [5.41, 5.74) is 0. The van der Waals surface area contributed by atoms with E-state index in [0.717, 1.165) is 0 Å². The first-order valence-corrected chi connectivity index (χ1v) is 5.58. The molecule has 8 heteroatoms. The maximum atomic E-state index is 11.7. The molecule has 2 rings (SSSR count). The van der Waals surface area contributed by atoms with E-state index in [1.807, 2.05) is 0 Å². The number of rotatable bonds is 3. The molecule has 0 atom stereocenters. The molecule has 2 aromatic heterocycles. The van der Waals surface area contributed by atoms with E-state index in [4.69, 9.17) is 0 Å². The summed E-state index contributed by atoms with van der Waals surface area (Å²) in [6.45, 7) is 0. The molecule has 0 unspecified atom stereocenters. The van der Waals surface area contributed by atoms with Crippen LogP contribution in [0.1, 0.15) is 0 Å². The van der Waals surface area contributed by atoms with Crippen LogP contribution in [-0.4, -0.2) is 28.4 Å². The van der Waals surface area contributed by atoms with E-state index in [9.17, 15) is 8.42 Å². The van der Waals surface area contributed by atoms with Crippen LogP contribution in [0.2, 0.25) is 0 Å². The summed E-state index contributed by atoms with van der Waals surface area (Å²) in [5.74, 6) is 0.393. The summed E-state index contributed by atoms with van der Waals surface area (Å²) < 4.78 is 27.2. The second-order valence-electron chi connectivity index (χ2n) is 2.87. The molecule has 0 saturated carbocycles. The predicted octanol–water partition coefficient (Wildman–Crippen LogP) is -0.0560. The van der Waals surface area contributed by atoms with Gasteiger partial charge in [0, 0.05) is 13.1 Å². The third-order valence-electron chi connectivity index (χ3n) is 1.82. The van der Waals surface area contributed by atoms with Crippen molar-refractivity contribution in [2.45, 2.75) is 5.03 Å². The Labute approximate surface area is 86.2 Å². The maximum absolute atomic E-state index is 11.7. The first-order chi connectivity index (χ1) is 7.09. The lowest BCUT2D eigenvalue weighted by atomic mass is 10.7. The minimum Gasteiger partial charge on any atom is -0.266 e. The van der Waals surface area contributed by atoms with E-state index < -0.39 is 10.0 Å². The number of anilines is 1. The van der Waals surface area contributed by atoms with Crippen LogP contribution < -0.4 is 4.72 Å². The molecule has 15 heavy (non-hydrogen) atoms. The summed E-state index contributed by atoms with van der Waals surface area (Å²) in [6, 6.07) is 2.94. The number of hydrogen-bond donors (Lipinski definition) is 2. The van der Waals surface area contributed by atoms with Crippen molar-refractivity contribution in [3.05, 3.63) is 24.5 Å². The molecule has 2 aromatic rings. The molecule has 0 bridgehead atoms. The Kier molecular flexibility index (Phi) is 2.19. The molecule has 2 N–H and O–H groups in total. The molecule has 80 valence electrons. The van der Waals surface area contributed by atoms with Gasteiger partial charge >= 0.3 is 0 Å². The maximum Gasteiger partial charge on any atom is 0.279 e. The van der Waals surface area contributed by atoms with Crippen LogP contribution in [0.3, 0.4) is 0 Å². The molecule has 2 heterocycles. The molecular formula is C7H9N5O2S. The average molecular weight is 227 g/mol. The fourth-order valence-corrected chi connectivity index (χ4v) is 2.06. The standard InChI is InChI=1S/C7H9N5O2S/c1-12-6(2-5-9-12)11-15(13,14)7-3-4-8-10-7/h2-5,11H,1H3,(H,8,10). The summed E-state index contributed by atoms with van der Waals surface area (Å²) in [6.07, 6.45) is 2.88. The summed E-state index contributed by atoms with van der Waals surface area (Å²) in [4.78, 5) is 0. The van der Waals surface area contributed by atoms with Gasteiger partial charge in [-0.2, -0.15) is 18.6 Å². The number of nitrogens with zero attached hydrogens (tertiary/aromatic N) is 3. The zero-order valence-corrected chi connectivity index (χ0v) is 8.69. The largest absolute Gasteiger partial charge is 0.279 e. The highest BCUT2D eigenvalue weighted by Gasteiger charge is 2.16. The first-order valence-electron chi connectivity index (χ1n) is 4.10. The van der Waals surface area contributed by atoms with Gasteiger partial charge < -0.3 is 0 Å². The molecule has 7 nitrogen and oxygen atoms in total. The number of H-pyrrole nitrogens is 1. The smallest absolute Gasteiger partial charge is 0.266 e. The molecule has 0 aliphatic rings. The van der Waals surface area contributed by atoms with E-state index in [-0.39, 0.29) is 5.03 Å². The van der Waals surface area contributed by atoms with Gasteiger partial charge in [0.05, 0.1) is 12.4 Å². The number of sulfonamides is 1. The Morgan fingerprint density at radius 3 is 2.73 bits per heavy atom. The summed E-state index contributed by atoms with van der Waals surface area (Å²) in [5, 5.41) is 9.82. The molecule has 0 aliphatic heterocycles. The van der Waals surface area contributed by atoms with Gasteiger partial charge in [-0.05, 0) is 6.07 Å². The Hall–Kier alpha value is -1.83. The summed E-state index contributed by atoms with van der Waals surface area (Å²) in [7, 11) is -1.95. The molecule has 0 radical (unpaired) electrons. The van der Waals surface area contributed by atoms with Gasteiger partial charge in [0.25, 0.3) is 10.0 Å². The van der Waals surface area contributed by atoms with Gasteiger partial charge in [-0.3, -0.25) is 14.5 Å². The highest BCUT2D eigenvalue weighted by Crippen LogP contribution is 2.11. The Bertz CT molecular complexity index is 542. The SMILES string of the molecule is Cn1nccc1NS(=O)(=O)c1ccn[nH]1. The Morgan fingerprint density at radius 1 is 1.40 bits per heavy atom. The topological polar surface area (TPSA) is 92.7 Å². The van der Waals surface area contributed by atoms with Gasteiger partial charge in [0.1, 0.15) is 5.82 Å². The number of aromatic nitrogens is 4. The number of hydrogen-bond acceptors (Lipinski definition) is 4. The molecule has 0 aromatic carbocycles. The lowest BCUT2D eigenvalue weighted by Crippen LogP contribution is -2.15. The third kappa shape index (κ3) is 1.84. The highest BCUT2D eigenvalue weighted by atomic mass is 32.2. The van der Waals surface area contributed by atoms with Crippen LogP contribution in [-0.2, 0) is 17.1 Å². The van der Waals surface area contributed by atoms with E-state index in [0.29, 0.717) is 5.82 Å². The number of nitrogens with one attached hydrogen (secondary N) is 2. The number of aryl methyl sites for hydroxylation is 1. The minimum absolute atomic E-state index is 0.0173. The van der Waals surface area contributed by atoms with Gasteiger partial charge in [-0.1, -0.05) is 0 Å². The van der Waals surface area contributed by atoms with Gasteiger partial charge in [-0.25, -0.2) is 0 Å². The lowest BCUT2D eigenvalue weighted by molar-refractivity contribution is 0.596. The molecule has 0 amide bonds. The van der Waals surface area contributed by atoms with E-state index in [1.54, 1.807) is 13.1 Å². The van der Waals surface area contributed by atoms with Crippen LogP contribution >= 0.6 is 0 Å². The van der Waals surface area contributed by atoms with E-state index in [1.165, 1.54) is 23.1 Å². The van der Waals surface area contributed by atoms with Crippen LogP contribution in [0.15, 0.2) is 29.6 Å². The van der Waals surface area contributed by atoms with Crippen LogP contribution in [0.5, 0.6) is 0 Å². The average Bonchev–Trinajstić information content (AvgIpc) is 2.77. The van der Waals surface area contributed by atoms with Crippen molar-refractivity contribution >= 4 is 15.8 Å². The van der Waals surface area contributed by atoms with Crippen LogP contribution in [0, 0.1) is 0 Å². The van der Waals surface area contributed by atoms with E-state index >= 15 is 0 Å². The molecule has 0 fully saturated rings. The van der Waals surface area contributed by atoms with Crippen molar-refractivity contribution in [1.29, 1.82) is 0 Å². The van der Waals surface area contributed by atoms with Crippen molar-refractivity contribution in [2.75, 3.05) is 4.72 Å². The van der Waals surface area contributed by atoms with Crippen molar-refractivity contribution < 1.29 is 8.42 Å². The van der Waals surface area contributed by atoms with E-state index in [2.05, 4.69) is 20.0 Å². The van der Waals surface area contributed by atoms with Crippen molar-refractivity contribution in [2.24, 2.45) is 7.05 Å². The highest BCUT2D eigenvalue weighted by molar-refractivity contribution is 7.92. The number of aromatic amines is 1. The second kappa shape index (κ2) is 3.39. The summed E-state index contributed by atoms with van der Waals surface area (Å²) >= 11 is 0. The second-order valence-corrected chi connectivity index (χ2v) is 4.52. The molecule has 0 spiro atoms. The molecular weight excluding hydrogens is 218 g/mol. The van der Waals surface area contributed by atoms with Gasteiger partial charge in [0.2, 0.25) is 0 Å². The Morgan fingerprint density at radius 2 is 2.20 bits per heavy atom. The lowest BCUT2D eigenvalue weighted by Gasteiger charge is -2.05. The normalized spacial score (nSPS) is 11.5. The zero-order valence-electron chi connectivity index (χ0n) is 7.88. The first kappa shape index (κ1) is 9.71. The molecule has 0 aliphatic carbocycles. The monoisotopic (exact) mass is 227 g/mol. The predicted molar refractivity (Wildman–Crippen MR) is 52.6 cm³/mol.